The molecule has 1 aliphatic carbocycles. The fourth-order valence-corrected chi connectivity index (χ4v) is 2.07. The van der Waals surface area contributed by atoms with Crippen molar-refractivity contribution in [1.29, 1.82) is 0 Å². The Morgan fingerprint density at radius 2 is 2.00 bits per heavy atom. The van der Waals surface area contributed by atoms with E-state index in [1.807, 2.05) is 13.8 Å². The Morgan fingerprint density at radius 3 is 2.44 bits per heavy atom. The van der Waals surface area contributed by atoms with Crippen LogP contribution in [0, 0.1) is 5.92 Å². The van der Waals surface area contributed by atoms with Crippen LogP contribution in [0.1, 0.15) is 46.0 Å². The predicted molar refractivity (Wildman–Crippen MR) is 63.9 cm³/mol. The molecular formula is C12H24N2O2. The Hall–Kier alpha value is -0.610. The first kappa shape index (κ1) is 13.5. The molecule has 1 aliphatic rings. The van der Waals surface area contributed by atoms with Gasteiger partial charge in [-0.25, -0.2) is 0 Å². The third-order valence-corrected chi connectivity index (χ3v) is 3.66. The minimum Gasteiger partial charge on any atom is -0.389 e. The summed E-state index contributed by atoms with van der Waals surface area (Å²) in [4.78, 5) is 11.0. The summed E-state index contributed by atoms with van der Waals surface area (Å²) in [6.45, 7) is 4.44. The van der Waals surface area contributed by atoms with Crippen molar-refractivity contribution < 1.29 is 9.90 Å². The summed E-state index contributed by atoms with van der Waals surface area (Å²) >= 11 is 0. The van der Waals surface area contributed by atoms with Crippen LogP contribution in [0.5, 0.6) is 0 Å². The lowest BCUT2D eigenvalue weighted by molar-refractivity contribution is -0.122. The molecule has 1 saturated carbocycles. The number of amides is 1. The van der Waals surface area contributed by atoms with E-state index >= 15 is 0 Å². The van der Waals surface area contributed by atoms with Crippen molar-refractivity contribution >= 4 is 5.91 Å². The molecule has 1 unspecified atom stereocenters. The third-order valence-electron chi connectivity index (χ3n) is 3.66. The molecule has 0 bridgehead atoms. The van der Waals surface area contributed by atoms with E-state index in [0.717, 1.165) is 32.1 Å². The molecule has 0 saturated heterocycles. The van der Waals surface area contributed by atoms with Crippen LogP contribution in [0.25, 0.3) is 0 Å². The number of carbonyl (C=O) groups excluding carboxylic acids is 1. The summed E-state index contributed by atoms with van der Waals surface area (Å²) in [7, 11) is 0. The van der Waals surface area contributed by atoms with Gasteiger partial charge >= 0.3 is 0 Å². The Kier molecular flexibility index (Phi) is 4.74. The zero-order valence-electron chi connectivity index (χ0n) is 10.3. The average molecular weight is 228 g/mol. The molecule has 1 atom stereocenters. The number of nitrogens with one attached hydrogen (secondary N) is 1. The molecule has 1 fully saturated rings. The van der Waals surface area contributed by atoms with Gasteiger partial charge in [0.1, 0.15) is 0 Å². The number of hydrogen-bond donors (Lipinski definition) is 3. The molecule has 0 aromatic heterocycles. The van der Waals surface area contributed by atoms with Crippen LogP contribution in [-0.2, 0) is 4.79 Å². The summed E-state index contributed by atoms with van der Waals surface area (Å²) in [5.41, 5.74) is 4.65. The fraction of sp³-hybridized carbons (Fsp3) is 0.917. The Labute approximate surface area is 97.6 Å². The van der Waals surface area contributed by atoms with Gasteiger partial charge in [-0.2, -0.15) is 0 Å². The van der Waals surface area contributed by atoms with Crippen LogP contribution in [-0.4, -0.2) is 29.2 Å². The minimum atomic E-state index is -0.624. The Morgan fingerprint density at radius 1 is 1.44 bits per heavy atom. The summed E-state index contributed by atoms with van der Waals surface area (Å²) in [6.07, 6.45) is 4.46. The first-order chi connectivity index (χ1) is 7.44. The summed E-state index contributed by atoms with van der Waals surface area (Å²) in [5.74, 6) is -0.108. The summed E-state index contributed by atoms with van der Waals surface area (Å²) in [5, 5.41) is 13.2. The molecule has 0 spiro atoms. The Bertz CT molecular complexity index is 233. The molecule has 0 aliphatic heterocycles. The van der Waals surface area contributed by atoms with E-state index in [0.29, 0.717) is 12.6 Å². The van der Waals surface area contributed by atoms with Crippen molar-refractivity contribution in [3.63, 3.8) is 0 Å². The van der Waals surface area contributed by atoms with E-state index < -0.39 is 5.60 Å². The van der Waals surface area contributed by atoms with E-state index in [-0.39, 0.29) is 11.8 Å². The first-order valence-electron chi connectivity index (χ1n) is 6.19. The van der Waals surface area contributed by atoms with Gasteiger partial charge in [-0.05, 0) is 39.0 Å². The SMILES string of the molecule is CCC(C)(O)CNC1CCC(C(N)=O)CC1. The van der Waals surface area contributed by atoms with Gasteiger partial charge < -0.3 is 16.2 Å². The highest BCUT2D eigenvalue weighted by Crippen LogP contribution is 2.24. The van der Waals surface area contributed by atoms with Crippen LogP contribution in [0.4, 0.5) is 0 Å². The standard InChI is InChI=1S/C12H24N2O2/c1-3-12(2,16)8-14-10-6-4-9(5-7-10)11(13)15/h9-10,14,16H,3-8H2,1-2H3,(H2,13,15). The zero-order chi connectivity index (χ0) is 12.2. The second-order valence-electron chi connectivity index (χ2n) is 5.18. The minimum absolute atomic E-state index is 0.0599. The number of carbonyl (C=O) groups is 1. The average Bonchev–Trinajstić information content (AvgIpc) is 2.27. The lowest BCUT2D eigenvalue weighted by atomic mass is 9.85. The molecule has 4 nitrogen and oxygen atoms in total. The molecular weight excluding hydrogens is 204 g/mol. The van der Waals surface area contributed by atoms with Gasteiger partial charge in [0, 0.05) is 18.5 Å². The molecule has 16 heavy (non-hydrogen) atoms. The molecule has 0 radical (unpaired) electrons. The molecule has 1 rings (SSSR count). The topological polar surface area (TPSA) is 75.3 Å². The van der Waals surface area contributed by atoms with Gasteiger partial charge in [-0.15, -0.1) is 0 Å². The highest BCUT2D eigenvalue weighted by Gasteiger charge is 2.26. The molecule has 0 aromatic carbocycles. The maximum atomic E-state index is 11.0. The van der Waals surface area contributed by atoms with Crippen LogP contribution < -0.4 is 11.1 Å². The van der Waals surface area contributed by atoms with Crippen LogP contribution in [0.3, 0.4) is 0 Å². The predicted octanol–water partition coefficient (Wildman–Crippen LogP) is 0.781. The molecule has 4 heteroatoms. The van der Waals surface area contributed by atoms with Crippen molar-refractivity contribution in [2.24, 2.45) is 11.7 Å². The number of primary amides is 1. The van der Waals surface area contributed by atoms with Crippen molar-refractivity contribution in [2.75, 3.05) is 6.54 Å². The van der Waals surface area contributed by atoms with Crippen molar-refractivity contribution in [3.05, 3.63) is 0 Å². The quantitative estimate of drug-likeness (QED) is 0.651. The lowest BCUT2D eigenvalue weighted by Gasteiger charge is -2.30. The fourth-order valence-electron chi connectivity index (χ4n) is 2.07. The summed E-state index contributed by atoms with van der Waals surface area (Å²) in [6, 6.07) is 0.425. The molecule has 94 valence electrons. The van der Waals surface area contributed by atoms with E-state index in [2.05, 4.69) is 5.32 Å². The van der Waals surface area contributed by atoms with Gasteiger partial charge in [-0.3, -0.25) is 4.79 Å². The maximum Gasteiger partial charge on any atom is 0.220 e. The summed E-state index contributed by atoms with van der Waals surface area (Å²) < 4.78 is 0. The third kappa shape index (κ3) is 4.10. The highest BCUT2D eigenvalue weighted by atomic mass is 16.3. The van der Waals surface area contributed by atoms with Gasteiger partial charge in [0.2, 0.25) is 5.91 Å². The van der Waals surface area contributed by atoms with Crippen LogP contribution in [0.2, 0.25) is 0 Å². The van der Waals surface area contributed by atoms with Gasteiger partial charge in [0.15, 0.2) is 0 Å². The van der Waals surface area contributed by atoms with E-state index in [1.165, 1.54) is 0 Å². The maximum absolute atomic E-state index is 11.0. The highest BCUT2D eigenvalue weighted by molar-refractivity contribution is 5.76. The second kappa shape index (κ2) is 5.64. The molecule has 4 N–H and O–H groups in total. The second-order valence-corrected chi connectivity index (χ2v) is 5.18. The largest absolute Gasteiger partial charge is 0.389 e. The number of nitrogens with two attached hydrogens (primary N) is 1. The van der Waals surface area contributed by atoms with Crippen molar-refractivity contribution in [2.45, 2.75) is 57.6 Å². The van der Waals surface area contributed by atoms with Crippen molar-refractivity contribution in [1.82, 2.24) is 5.32 Å². The molecule has 0 heterocycles. The first-order valence-corrected chi connectivity index (χ1v) is 6.19. The van der Waals surface area contributed by atoms with Gasteiger partial charge in [-0.1, -0.05) is 6.92 Å². The number of aliphatic hydroxyl groups is 1. The number of rotatable bonds is 5. The van der Waals surface area contributed by atoms with E-state index in [1.54, 1.807) is 0 Å². The lowest BCUT2D eigenvalue weighted by Crippen LogP contribution is -2.44. The molecule has 1 amide bonds. The van der Waals surface area contributed by atoms with E-state index in [4.69, 9.17) is 5.73 Å². The van der Waals surface area contributed by atoms with E-state index in [9.17, 15) is 9.90 Å². The normalized spacial score (nSPS) is 29.7. The number of hydrogen-bond acceptors (Lipinski definition) is 3. The monoisotopic (exact) mass is 228 g/mol. The van der Waals surface area contributed by atoms with Crippen LogP contribution >= 0.6 is 0 Å². The molecule has 0 aromatic rings. The van der Waals surface area contributed by atoms with Gasteiger partial charge in [0.25, 0.3) is 0 Å². The van der Waals surface area contributed by atoms with Crippen molar-refractivity contribution in [3.8, 4) is 0 Å². The van der Waals surface area contributed by atoms with Crippen LogP contribution in [0.15, 0.2) is 0 Å². The smallest absolute Gasteiger partial charge is 0.220 e. The zero-order valence-corrected chi connectivity index (χ0v) is 10.3. The Balaban J connectivity index is 2.25. The van der Waals surface area contributed by atoms with Gasteiger partial charge in [0.05, 0.1) is 5.60 Å².